The molecule has 0 radical (unpaired) electrons. The third-order valence-electron chi connectivity index (χ3n) is 3.01. The summed E-state index contributed by atoms with van der Waals surface area (Å²) in [6.45, 7) is 0. The highest BCUT2D eigenvalue weighted by Gasteiger charge is 2.46. The summed E-state index contributed by atoms with van der Waals surface area (Å²) in [5.74, 6) is 0. The number of pyridine rings is 1. The van der Waals surface area contributed by atoms with Crippen LogP contribution in [0.25, 0.3) is 0 Å². The minimum atomic E-state index is -4.29. The lowest BCUT2D eigenvalue weighted by molar-refractivity contribution is 0.321. The van der Waals surface area contributed by atoms with Crippen LogP contribution in [0.4, 0.5) is 0 Å². The summed E-state index contributed by atoms with van der Waals surface area (Å²) in [5, 5.41) is -1.42. The van der Waals surface area contributed by atoms with E-state index in [-0.39, 0.29) is 6.42 Å². The molecule has 0 aromatic carbocycles. The fourth-order valence-corrected chi connectivity index (χ4v) is 3.87. The van der Waals surface area contributed by atoms with Gasteiger partial charge in [-0.25, -0.2) is 9.13 Å². The lowest BCUT2D eigenvalue weighted by Crippen LogP contribution is -2.06. The second kappa shape index (κ2) is 8.60. The van der Waals surface area contributed by atoms with Crippen molar-refractivity contribution in [1.82, 2.24) is 4.98 Å². The Morgan fingerprint density at radius 1 is 1.10 bits per heavy atom. The Morgan fingerprint density at radius 2 is 1.80 bits per heavy atom. The molecule has 0 aliphatic rings. The maximum atomic E-state index is 10.8. The SMILES string of the molecule is O=P(=O)C(CCCCCCc1ccccn1)[P+](O)(O)O. The van der Waals surface area contributed by atoms with E-state index < -0.39 is 21.0 Å². The molecule has 1 rings (SSSR count). The molecular weight excluding hydrogens is 300 g/mol. The summed E-state index contributed by atoms with van der Waals surface area (Å²) in [4.78, 5) is 31.3. The lowest BCUT2D eigenvalue weighted by atomic mass is 10.1. The second-order valence-electron chi connectivity index (χ2n) is 4.65. The van der Waals surface area contributed by atoms with E-state index in [0.29, 0.717) is 6.42 Å². The minimum absolute atomic E-state index is 0.0829. The van der Waals surface area contributed by atoms with Crippen LogP contribution in [0.2, 0.25) is 0 Å². The number of hydrogen-bond donors (Lipinski definition) is 3. The van der Waals surface area contributed by atoms with Gasteiger partial charge in [-0.15, -0.1) is 0 Å². The molecule has 0 aliphatic heterocycles. The average Bonchev–Trinajstić information content (AvgIpc) is 2.37. The number of hydrogen-bond acceptors (Lipinski definition) is 6. The zero-order valence-electron chi connectivity index (χ0n) is 11.1. The van der Waals surface area contributed by atoms with Gasteiger partial charge in [-0.05, 0) is 31.4 Å². The van der Waals surface area contributed by atoms with Crippen LogP contribution in [-0.4, -0.2) is 25.1 Å². The molecule has 0 spiro atoms. The summed E-state index contributed by atoms with van der Waals surface area (Å²) in [6, 6.07) is 5.76. The zero-order chi connectivity index (χ0) is 15.0. The van der Waals surface area contributed by atoms with Crippen LogP contribution in [0.1, 0.15) is 37.8 Å². The van der Waals surface area contributed by atoms with Crippen molar-refractivity contribution in [2.24, 2.45) is 0 Å². The third kappa shape index (κ3) is 6.69. The van der Waals surface area contributed by atoms with Gasteiger partial charge in [0, 0.05) is 18.3 Å². The van der Waals surface area contributed by atoms with E-state index in [9.17, 15) is 9.13 Å². The summed E-state index contributed by atoms with van der Waals surface area (Å²) < 4.78 is 21.7. The van der Waals surface area contributed by atoms with Gasteiger partial charge in [-0.2, -0.15) is 14.7 Å². The van der Waals surface area contributed by atoms with Gasteiger partial charge in [0.25, 0.3) is 5.40 Å². The average molecular weight is 320 g/mol. The van der Waals surface area contributed by atoms with Crippen LogP contribution < -0.4 is 0 Å². The minimum Gasteiger partial charge on any atom is -0.261 e. The highest BCUT2D eigenvalue weighted by molar-refractivity contribution is 7.68. The molecule has 0 amide bonds. The second-order valence-corrected chi connectivity index (χ2v) is 8.11. The maximum absolute atomic E-state index is 10.8. The predicted molar refractivity (Wildman–Crippen MR) is 76.7 cm³/mol. The van der Waals surface area contributed by atoms with Gasteiger partial charge in [0.05, 0.1) is 0 Å². The Morgan fingerprint density at radius 3 is 2.35 bits per heavy atom. The molecule has 1 aromatic heterocycles. The van der Waals surface area contributed by atoms with Gasteiger partial charge in [-0.3, -0.25) is 4.98 Å². The van der Waals surface area contributed by atoms with Crippen molar-refractivity contribution < 1.29 is 23.8 Å². The van der Waals surface area contributed by atoms with E-state index in [4.69, 9.17) is 14.7 Å². The zero-order valence-corrected chi connectivity index (χ0v) is 12.9. The summed E-state index contributed by atoms with van der Waals surface area (Å²) >= 11 is 0. The molecule has 3 N–H and O–H groups in total. The molecule has 6 nitrogen and oxygen atoms in total. The molecule has 0 fully saturated rings. The summed E-state index contributed by atoms with van der Waals surface area (Å²) in [7, 11) is -7.31. The molecule has 1 heterocycles. The fraction of sp³-hybridized carbons (Fsp3) is 0.583. The standard InChI is InChI=1S/C12H20NO5P2/c14-19(15)12(20(16,17)18)9-4-2-1-3-7-11-8-5-6-10-13-11/h5-6,8,10,12,16-18H,1-4,7,9H2/q+1. The van der Waals surface area contributed by atoms with Crippen LogP contribution in [0.5, 0.6) is 0 Å². The number of nitrogens with zero attached hydrogens (tertiary/aromatic N) is 1. The Bertz CT molecular complexity index is 451. The van der Waals surface area contributed by atoms with Crippen molar-refractivity contribution in [3.8, 4) is 0 Å². The van der Waals surface area contributed by atoms with Crippen molar-refractivity contribution in [1.29, 1.82) is 0 Å². The predicted octanol–water partition coefficient (Wildman–Crippen LogP) is 2.81. The molecule has 1 unspecified atom stereocenters. The van der Waals surface area contributed by atoms with E-state index >= 15 is 0 Å². The Balaban J connectivity index is 2.18. The Hall–Kier alpha value is -0.640. The molecule has 1 aromatic rings. The quantitative estimate of drug-likeness (QED) is 0.477. The van der Waals surface area contributed by atoms with Gasteiger partial charge in [0.1, 0.15) is 0 Å². The first-order valence-corrected chi connectivity index (χ1v) is 9.48. The van der Waals surface area contributed by atoms with Crippen molar-refractivity contribution in [2.75, 3.05) is 0 Å². The molecule has 8 heteroatoms. The lowest BCUT2D eigenvalue weighted by Gasteiger charge is -2.09. The van der Waals surface area contributed by atoms with Gasteiger partial charge in [0.15, 0.2) is 0 Å². The largest absolute Gasteiger partial charge is 0.421 e. The molecule has 0 saturated heterocycles. The molecule has 0 saturated carbocycles. The van der Waals surface area contributed by atoms with Crippen LogP contribution in [0.15, 0.2) is 24.4 Å². The van der Waals surface area contributed by atoms with Gasteiger partial charge >= 0.3 is 15.6 Å². The number of unbranched alkanes of at least 4 members (excludes halogenated alkanes) is 3. The van der Waals surface area contributed by atoms with E-state index in [1.54, 1.807) is 6.20 Å². The number of aryl methyl sites for hydroxylation is 1. The van der Waals surface area contributed by atoms with E-state index in [1.165, 1.54) is 0 Å². The van der Waals surface area contributed by atoms with E-state index in [2.05, 4.69) is 4.98 Å². The Kier molecular flexibility index (Phi) is 7.49. The topological polar surface area (TPSA) is 108 Å². The first-order valence-electron chi connectivity index (χ1n) is 6.51. The molecule has 0 aliphatic carbocycles. The van der Waals surface area contributed by atoms with Crippen molar-refractivity contribution in [3.63, 3.8) is 0 Å². The molecule has 20 heavy (non-hydrogen) atoms. The highest BCUT2D eigenvalue weighted by Crippen LogP contribution is 2.58. The summed E-state index contributed by atoms with van der Waals surface area (Å²) in [5.41, 5.74) is 1.03. The smallest absolute Gasteiger partial charge is 0.261 e. The van der Waals surface area contributed by atoms with Crippen molar-refractivity contribution in [2.45, 2.75) is 43.9 Å². The van der Waals surface area contributed by atoms with E-state index in [0.717, 1.165) is 31.4 Å². The maximum Gasteiger partial charge on any atom is 0.421 e. The number of aromatic nitrogens is 1. The van der Waals surface area contributed by atoms with E-state index in [1.807, 2.05) is 18.2 Å². The normalized spacial score (nSPS) is 13.2. The highest BCUT2D eigenvalue weighted by atomic mass is 31.2. The first-order chi connectivity index (χ1) is 9.41. The van der Waals surface area contributed by atoms with Crippen LogP contribution >= 0.6 is 15.6 Å². The van der Waals surface area contributed by atoms with Gasteiger partial charge in [-0.1, -0.05) is 18.9 Å². The monoisotopic (exact) mass is 320 g/mol. The molecular formula is C12H20NO5P2+. The van der Waals surface area contributed by atoms with Crippen LogP contribution in [-0.2, 0) is 15.6 Å². The molecule has 1 atom stereocenters. The Labute approximate surface area is 119 Å². The first kappa shape index (κ1) is 17.4. The molecule has 0 bridgehead atoms. The summed E-state index contributed by atoms with van der Waals surface area (Å²) in [6.07, 6.45) is 5.88. The number of rotatable bonds is 9. The van der Waals surface area contributed by atoms with Gasteiger partial charge in [0.2, 0.25) is 0 Å². The van der Waals surface area contributed by atoms with Crippen LogP contribution in [0.3, 0.4) is 0 Å². The molecule has 112 valence electrons. The fourth-order valence-electron chi connectivity index (χ4n) is 1.94. The third-order valence-corrected chi connectivity index (χ3v) is 6.31. The van der Waals surface area contributed by atoms with Crippen LogP contribution in [0, 0.1) is 0 Å². The van der Waals surface area contributed by atoms with Gasteiger partial charge < -0.3 is 0 Å². The van der Waals surface area contributed by atoms with Crippen molar-refractivity contribution in [3.05, 3.63) is 30.1 Å². The van der Waals surface area contributed by atoms with Crippen molar-refractivity contribution >= 4 is 15.6 Å².